The Hall–Kier alpha value is -3.38. The third-order valence-electron chi connectivity index (χ3n) is 5.26. The van der Waals surface area contributed by atoms with Gasteiger partial charge in [-0.2, -0.15) is 0 Å². The summed E-state index contributed by atoms with van der Waals surface area (Å²) in [4.78, 5) is 12.9. The molecule has 31 heavy (non-hydrogen) atoms. The average Bonchev–Trinajstić information content (AvgIpc) is 3.09. The highest BCUT2D eigenvalue weighted by Gasteiger charge is 2.22. The molecule has 0 fully saturated rings. The van der Waals surface area contributed by atoms with Gasteiger partial charge in [0, 0.05) is 22.8 Å². The predicted molar refractivity (Wildman–Crippen MR) is 124 cm³/mol. The molecule has 5 nitrogen and oxygen atoms in total. The molecule has 0 atom stereocenters. The first-order valence-electron chi connectivity index (χ1n) is 10.1. The highest BCUT2D eigenvalue weighted by atomic mass is 32.2. The van der Waals surface area contributed by atoms with Gasteiger partial charge in [0.15, 0.2) is 9.84 Å². The lowest BCUT2D eigenvalue weighted by atomic mass is 10.2. The number of sulfone groups is 1. The maximum atomic E-state index is 13.2. The fraction of sp³-hybridized carbons (Fsp3) is 0.160. The van der Waals surface area contributed by atoms with Crippen LogP contribution in [0.25, 0.3) is 10.9 Å². The SMILES string of the molecule is Cc1cccc(CS(=O)(=O)c2cn(CC(=O)Nc3ccccc3C)c3ccccc23)c1. The molecule has 0 bridgehead atoms. The minimum atomic E-state index is -3.59. The number of amides is 1. The Bertz CT molecular complexity index is 1370. The van der Waals surface area contributed by atoms with Crippen LogP contribution in [0.5, 0.6) is 0 Å². The second-order valence-electron chi connectivity index (χ2n) is 7.75. The summed E-state index contributed by atoms with van der Waals surface area (Å²) in [5.74, 6) is -0.296. The van der Waals surface area contributed by atoms with Crippen LogP contribution in [0.4, 0.5) is 5.69 Å². The fourth-order valence-corrected chi connectivity index (χ4v) is 5.32. The van der Waals surface area contributed by atoms with Crippen molar-refractivity contribution in [2.45, 2.75) is 31.0 Å². The van der Waals surface area contributed by atoms with Gasteiger partial charge in [-0.05, 0) is 37.1 Å². The van der Waals surface area contributed by atoms with Gasteiger partial charge in [-0.3, -0.25) is 4.79 Å². The Labute approximate surface area is 182 Å². The summed E-state index contributed by atoms with van der Waals surface area (Å²) in [6.45, 7) is 3.89. The number of carbonyl (C=O) groups excluding carboxylic acids is 1. The Morgan fingerprint density at radius 1 is 0.935 bits per heavy atom. The van der Waals surface area contributed by atoms with Crippen LogP contribution in [0.15, 0.2) is 83.9 Å². The van der Waals surface area contributed by atoms with Crippen LogP contribution < -0.4 is 5.32 Å². The molecule has 0 radical (unpaired) electrons. The van der Waals surface area contributed by atoms with Crippen LogP contribution in [0.2, 0.25) is 0 Å². The molecule has 6 heteroatoms. The summed E-state index contributed by atoms with van der Waals surface area (Å²) in [5, 5.41) is 3.53. The lowest BCUT2D eigenvalue weighted by Gasteiger charge is -2.09. The van der Waals surface area contributed by atoms with Crippen molar-refractivity contribution in [2.75, 3.05) is 5.32 Å². The molecule has 158 valence electrons. The van der Waals surface area contributed by atoms with Crippen LogP contribution in [-0.2, 0) is 26.9 Å². The number of nitrogens with one attached hydrogen (secondary N) is 1. The highest BCUT2D eigenvalue weighted by Crippen LogP contribution is 2.28. The van der Waals surface area contributed by atoms with Crippen LogP contribution in [0.1, 0.15) is 16.7 Å². The van der Waals surface area contributed by atoms with Gasteiger partial charge in [-0.25, -0.2) is 8.42 Å². The van der Waals surface area contributed by atoms with Crippen LogP contribution in [0, 0.1) is 13.8 Å². The molecule has 0 saturated heterocycles. The number of benzene rings is 3. The van der Waals surface area contributed by atoms with Crippen LogP contribution in [-0.4, -0.2) is 18.9 Å². The maximum Gasteiger partial charge on any atom is 0.244 e. The van der Waals surface area contributed by atoms with Crippen molar-refractivity contribution in [1.82, 2.24) is 4.57 Å². The first-order chi connectivity index (χ1) is 14.8. The Kier molecular flexibility index (Phi) is 5.65. The first-order valence-corrected chi connectivity index (χ1v) is 11.7. The molecule has 3 aromatic carbocycles. The van der Waals surface area contributed by atoms with E-state index in [9.17, 15) is 13.2 Å². The van der Waals surface area contributed by atoms with Gasteiger partial charge in [0.05, 0.1) is 10.6 Å². The fourth-order valence-electron chi connectivity index (χ4n) is 3.75. The summed E-state index contributed by atoms with van der Waals surface area (Å²) in [5.41, 5.74) is 4.19. The zero-order valence-corrected chi connectivity index (χ0v) is 18.3. The van der Waals surface area contributed by atoms with Crippen molar-refractivity contribution in [2.24, 2.45) is 0 Å². The van der Waals surface area contributed by atoms with Crippen molar-refractivity contribution in [3.05, 3.63) is 95.7 Å². The monoisotopic (exact) mass is 432 g/mol. The van der Waals surface area contributed by atoms with Gasteiger partial charge in [-0.15, -0.1) is 0 Å². The Morgan fingerprint density at radius 3 is 2.45 bits per heavy atom. The number of hydrogen-bond donors (Lipinski definition) is 1. The van der Waals surface area contributed by atoms with E-state index in [1.54, 1.807) is 16.8 Å². The summed E-state index contributed by atoms with van der Waals surface area (Å²) < 4.78 is 28.2. The van der Waals surface area contributed by atoms with E-state index in [4.69, 9.17) is 0 Å². The summed E-state index contributed by atoms with van der Waals surface area (Å²) in [6.07, 6.45) is 1.58. The maximum absolute atomic E-state index is 13.2. The average molecular weight is 433 g/mol. The number of fused-ring (bicyclic) bond motifs is 1. The molecule has 4 rings (SSSR count). The third-order valence-corrected chi connectivity index (χ3v) is 6.97. The largest absolute Gasteiger partial charge is 0.337 e. The number of hydrogen-bond acceptors (Lipinski definition) is 3. The Morgan fingerprint density at radius 2 is 1.68 bits per heavy atom. The molecule has 0 spiro atoms. The third kappa shape index (κ3) is 4.54. The van der Waals surface area contributed by atoms with Crippen molar-refractivity contribution in [1.29, 1.82) is 0 Å². The topological polar surface area (TPSA) is 68.2 Å². The molecule has 1 heterocycles. The smallest absolute Gasteiger partial charge is 0.244 e. The zero-order chi connectivity index (χ0) is 22.0. The number of aromatic nitrogens is 1. The minimum Gasteiger partial charge on any atom is -0.337 e. The van der Waals surface area contributed by atoms with Crippen molar-refractivity contribution in [3.8, 4) is 0 Å². The number of anilines is 1. The lowest BCUT2D eigenvalue weighted by molar-refractivity contribution is -0.116. The number of para-hydroxylation sites is 2. The van der Waals surface area contributed by atoms with Crippen molar-refractivity contribution in [3.63, 3.8) is 0 Å². The van der Waals surface area contributed by atoms with Crippen LogP contribution >= 0.6 is 0 Å². The van der Waals surface area contributed by atoms with Gasteiger partial charge in [0.25, 0.3) is 0 Å². The molecule has 0 aliphatic carbocycles. The van der Waals surface area contributed by atoms with Crippen molar-refractivity contribution < 1.29 is 13.2 Å². The minimum absolute atomic E-state index is 0.0226. The molecular weight excluding hydrogens is 408 g/mol. The number of aryl methyl sites for hydroxylation is 2. The van der Waals surface area contributed by atoms with E-state index in [0.717, 1.165) is 22.4 Å². The van der Waals surface area contributed by atoms with Gasteiger partial charge in [0.1, 0.15) is 6.54 Å². The van der Waals surface area contributed by atoms with Gasteiger partial charge in [0.2, 0.25) is 5.91 Å². The van der Waals surface area contributed by atoms with Gasteiger partial charge < -0.3 is 9.88 Å². The molecule has 1 aromatic heterocycles. The number of rotatable bonds is 6. The Balaban J connectivity index is 1.66. The first kappa shape index (κ1) is 20.9. The second kappa shape index (κ2) is 8.40. The molecule has 1 N–H and O–H groups in total. The highest BCUT2D eigenvalue weighted by molar-refractivity contribution is 7.90. The van der Waals surface area contributed by atoms with E-state index in [0.29, 0.717) is 10.9 Å². The molecule has 4 aromatic rings. The molecule has 1 amide bonds. The molecule has 0 aliphatic heterocycles. The molecule has 0 saturated carbocycles. The lowest BCUT2D eigenvalue weighted by Crippen LogP contribution is -2.18. The molecule has 0 unspecified atom stereocenters. The normalized spacial score (nSPS) is 11.5. The standard InChI is InChI=1S/C25H24N2O3S/c1-18-8-7-10-20(14-18)17-31(29,30)24-15-27(23-13-6-4-11-21(23)24)16-25(28)26-22-12-5-3-9-19(22)2/h3-15H,16-17H2,1-2H3,(H,26,28). The summed E-state index contributed by atoms with van der Waals surface area (Å²) >= 11 is 0. The predicted octanol–water partition coefficient (Wildman–Crippen LogP) is 4.87. The van der Waals surface area contributed by atoms with Gasteiger partial charge >= 0.3 is 0 Å². The van der Waals surface area contributed by atoms with Crippen molar-refractivity contribution >= 4 is 32.3 Å². The number of nitrogens with zero attached hydrogens (tertiary/aromatic N) is 1. The summed E-state index contributed by atoms with van der Waals surface area (Å²) in [6, 6.07) is 22.3. The molecular formula is C25H24N2O3S. The zero-order valence-electron chi connectivity index (χ0n) is 17.5. The van der Waals surface area contributed by atoms with E-state index in [-0.39, 0.29) is 23.1 Å². The van der Waals surface area contributed by atoms with E-state index in [1.165, 1.54) is 0 Å². The van der Waals surface area contributed by atoms with E-state index >= 15 is 0 Å². The van der Waals surface area contributed by atoms with Crippen LogP contribution in [0.3, 0.4) is 0 Å². The van der Waals surface area contributed by atoms with E-state index < -0.39 is 9.84 Å². The molecule has 0 aliphatic rings. The quantitative estimate of drug-likeness (QED) is 0.473. The van der Waals surface area contributed by atoms with E-state index in [2.05, 4.69) is 5.32 Å². The van der Waals surface area contributed by atoms with E-state index in [1.807, 2.05) is 80.6 Å². The summed E-state index contributed by atoms with van der Waals surface area (Å²) in [7, 11) is -3.59. The number of carbonyl (C=O) groups is 1. The second-order valence-corrected chi connectivity index (χ2v) is 9.71. The van der Waals surface area contributed by atoms with Gasteiger partial charge in [-0.1, -0.05) is 66.2 Å².